The van der Waals surface area contributed by atoms with Gasteiger partial charge in [0, 0.05) is 34.4 Å². The fourth-order valence-corrected chi connectivity index (χ4v) is 4.11. The molecule has 0 aliphatic carbocycles. The molecule has 0 aliphatic heterocycles. The van der Waals surface area contributed by atoms with Gasteiger partial charge in [0.2, 0.25) is 5.91 Å². The summed E-state index contributed by atoms with van der Waals surface area (Å²) in [5, 5.41) is 6.06. The van der Waals surface area contributed by atoms with Crippen molar-refractivity contribution in [1.29, 1.82) is 0 Å². The standard InChI is InChI=1S/C19H30N4OS/c1-12(2)20-18(24)9-22(7)10-19-21-17(11-25-19)16-8-14(5)23(13(3)4)15(16)6/h8,11-13H,9-10H2,1-7H3,(H,20,24). The van der Waals surface area contributed by atoms with Gasteiger partial charge in [-0.2, -0.15) is 0 Å². The lowest BCUT2D eigenvalue weighted by Gasteiger charge is -2.16. The highest BCUT2D eigenvalue weighted by molar-refractivity contribution is 7.09. The predicted octanol–water partition coefficient (Wildman–Crippen LogP) is 3.77. The van der Waals surface area contributed by atoms with Crippen LogP contribution in [0, 0.1) is 13.8 Å². The molecule has 2 aromatic rings. The molecule has 6 heteroatoms. The van der Waals surface area contributed by atoms with E-state index in [1.165, 1.54) is 17.0 Å². The largest absolute Gasteiger partial charge is 0.353 e. The molecule has 0 unspecified atom stereocenters. The highest BCUT2D eigenvalue weighted by Crippen LogP contribution is 2.30. The highest BCUT2D eigenvalue weighted by Gasteiger charge is 2.16. The van der Waals surface area contributed by atoms with Gasteiger partial charge in [-0.25, -0.2) is 4.98 Å². The molecule has 0 saturated heterocycles. The second kappa shape index (κ2) is 8.15. The third kappa shape index (κ3) is 4.92. The van der Waals surface area contributed by atoms with Gasteiger partial charge >= 0.3 is 0 Å². The molecular weight excluding hydrogens is 332 g/mol. The molecule has 2 heterocycles. The zero-order valence-electron chi connectivity index (χ0n) is 16.4. The number of thiazole rings is 1. The first kappa shape index (κ1) is 19.7. The molecule has 0 atom stereocenters. The number of rotatable bonds is 7. The lowest BCUT2D eigenvalue weighted by Crippen LogP contribution is -2.38. The molecular formula is C19H30N4OS. The Morgan fingerprint density at radius 1 is 1.32 bits per heavy atom. The Balaban J connectivity index is 2.08. The number of hydrogen-bond donors (Lipinski definition) is 1. The summed E-state index contributed by atoms with van der Waals surface area (Å²) in [6, 6.07) is 2.83. The minimum Gasteiger partial charge on any atom is -0.353 e. The van der Waals surface area contributed by atoms with Crippen molar-refractivity contribution >= 4 is 17.2 Å². The van der Waals surface area contributed by atoms with E-state index in [9.17, 15) is 4.79 Å². The van der Waals surface area contributed by atoms with E-state index in [2.05, 4.69) is 49.0 Å². The van der Waals surface area contributed by atoms with Gasteiger partial charge in [-0.15, -0.1) is 11.3 Å². The minimum absolute atomic E-state index is 0.0507. The quantitative estimate of drug-likeness (QED) is 0.816. The molecule has 25 heavy (non-hydrogen) atoms. The molecule has 1 N–H and O–H groups in total. The Hall–Kier alpha value is -1.66. The van der Waals surface area contributed by atoms with E-state index >= 15 is 0 Å². The van der Waals surface area contributed by atoms with Crippen LogP contribution in [0.3, 0.4) is 0 Å². The number of aromatic nitrogens is 2. The fourth-order valence-electron chi connectivity index (χ4n) is 3.24. The molecule has 0 spiro atoms. The lowest BCUT2D eigenvalue weighted by molar-refractivity contribution is -0.122. The maximum atomic E-state index is 11.9. The molecule has 0 aromatic carbocycles. The van der Waals surface area contributed by atoms with Crippen LogP contribution >= 0.6 is 11.3 Å². The summed E-state index contributed by atoms with van der Waals surface area (Å²) in [7, 11) is 1.95. The van der Waals surface area contributed by atoms with Crippen molar-refractivity contribution < 1.29 is 4.79 Å². The number of carbonyl (C=O) groups excluding carboxylic acids is 1. The number of aryl methyl sites for hydroxylation is 1. The summed E-state index contributed by atoms with van der Waals surface area (Å²) < 4.78 is 2.34. The normalized spacial score (nSPS) is 11.8. The first-order chi connectivity index (χ1) is 11.7. The molecule has 2 rings (SSSR count). The van der Waals surface area contributed by atoms with Crippen LogP contribution < -0.4 is 5.32 Å². The number of nitrogens with one attached hydrogen (secondary N) is 1. The molecule has 138 valence electrons. The van der Waals surface area contributed by atoms with Crippen LogP contribution in [0.25, 0.3) is 11.3 Å². The Kier molecular flexibility index (Phi) is 6.41. The van der Waals surface area contributed by atoms with Crippen LogP contribution in [0.5, 0.6) is 0 Å². The van der Waals surface area contributed by atoms with E-state index in [1.807, 2.05) is 25.8 Å². The zero-order chi connectivity index (χ0) is 18.7. The van der Waals surface area contributed by atoms with E-state index in [0.29, 0.717) is 19.1 Å². The summed E-state index contributed by atoms with van der Waals surface area (Å²) in [5.41, 5.74) is 4.75. The average Bonchev–Trinajstić information content (AvgIpc) is 3.01. The lowest BCUT2D eigenvalue weighted by atomic mass is 10.2. The van der Waals surface area contributed by atoms with Crippen molar-refractivity contribution in [2.24, 2.45) is 0 Å². The summed E-state index contributed by atoms with van der Waals surface area (Å²) in [4.78, 5) is 18.6. The molecule has 1 amide bonds. The van der Waals surface area contributed by atoms with Gasteiger partial charge < -0.3 is 9.88 Å². The van der Waals surface area contributed by atoms with Gasteiger partial charge in [0.05, 0.1) is 18.8 Å². The zero-order valence-corrected chi connectivity index (χ0v) is 17.2. The average molecular weight is 363 g/mol. The van der Waals surface area contributed by atoms with E-state index < -0.39 is 0 Å². The third-order valence-corrected chi connectivity index (χ3v) is 4.93. The van der Waals surface area contributed by atoms with Crippen molar-refractivity contribution in [1.82, 2.24) is 19.8 Å². The SMILES string of the molecule is Cc1cc(-c2csc(CN(C)CC(=O)NC(C)C)n2)c(C)n1C(C)C. The Bertz CT molecular complexity index is 730. The molecule has 2 aromatic heterocycles. The third-order valence-electron chi connectivity index (χ3n) is 4.10. The van der Waals surface area contributed by atoms with Gasteiger partial charge in [-0.1, -0.05) is 0 Å². The maximum absolute atomic E-state index is 11.9. The first-order valence-corrected chi connectivity index (χ1v) is 9.68. The van der Waals surface area contributed by atoms with Crippen molar-refractivity contribution in [3.8, 4) is 11.3 Å². The van der Waals surface area contributed by atoms with Gasteiger partial charge in [0.1, 0.15) is 5.01 Å². The minimum atomic E-state index is 0.0507. The van der Waals surface area contributed by atoms with Crippen molar-refractivity contribution in [2.75, 3.05) is 13.6 Å². The molecule has 0 radical (unpaired) electrons. The van der Waals surface area contributed by atoms with Crippen LogP contribution in [0.1, 0.15) is 50.1 Å². The topological polar surface area (TPSA) is 50.2 Å². The molecule has 0 saturated carbocycles. The smallest absolute Gasteiger partial charge is 0.234 e. The van der Waals surface area contributed by atoms with Gasteiger partial charge in [-0.3, -0.25) is 9.69 Å². The van der Waals surface area contributed by atoms with E-state index in [0.717, 1.165) is 10.7 Å². The second-order valence-electron chi connectivity index (χ2n) is 7.27. The van der Waals surface area contributed by atoms with Gasteiger partial charge in [-0.05, 0) is 54.7 Å². The number of likely N-dealkylation sites (N-methyl/N-ethyl adjacent to an activating group) is 1. The summed E-state index contributed by atoms with van der Waals surface area (Å²) in [6.45, 7) is 13.7. The van der Waals surface area contributed by atoms with Crippen molar-refractivity contribution in [3.05, 3.63) is 27.8 Å². The van der Waals surface area contributed by atoms with Crippen LogP contribution in [-0.2, 0) is 11.3 Å². The molecule has 0 bridgehead atoms. The van der Waals surface area contributed by atoms with Gasteiger partial charge in [0.25, 0.3) is 0 Å². The molecule has 0 fully saturated rings. The summed E-state index contributed by atoms with van der Waals surface area (Å²) in [6.07, 6.45) is 0. The first-order valence-electron chi connectivity index (χ1n) is 8.80. The summed E-state index contributed by atoms with van der Waals surface area (Å²) >= 11 is 1.65. The Labute approximate surface area is 155 Å². The van der Waals surface area contributed by atoms with Crippen LogP contribution in [0.2, 0.25) is 0 Å². The van der Waals surface area contributed by atoms with E-state index in [-0.39, 0.29) is 11.9 Å². The van der Waals surface area contributed by atoms with Crippen LogP contribution in [0.15, 0.2) is 11.4 Å². The Morgan fingerprint density at radius 3 is 2.56 bits per heavy atom. The summed E-state index contributed by atoms with van der Waals surface area (Å²) in [5.74, 6) is 0.0507. The number of amides is 1. The van der Waals surface area contributed by atoms with Crippen molar-refractivity contribution in [2.45, 2.75) is 60.2 Å². The van der Waals surface area contributed by atoms with Crippen LogP contribution in [-0.4, -0.2) is 40.0 Å². The fraction of sp³-hybridized carbons (Fsp3) is 0.579. The van der Waals surface area contributed by atoms with Crippen LogP contribution in [0.4, 0.5) is 0 Å². The maximum Gasteiger partial charge on any atom is 0.234 e. The van der Waals surface area contributed by atoms with E-state index in [4.69, 9.17) is 4.98 Å². The monoisotopic (exact) mass is 362 g/mol. The number of carbonyl (C=O) groups is 1. The highest BCUT2D eigenvalue weighted by atomic mass is 32.1. The van der Waals surface area contributed by atoms with E-state index in [1.54, 1.807) is 11.3 Å². The Morgan fingerprint density at radius 2 is 2.00 bits per heavy atom. The second-order valence-corrected chi connectivity index (χ2v) is 8.21. The molecule has 5 nitrogen and oxygen atoms in total. The number of nitrogens with zero attached hydrogens (tertiary/aromatic N) is 3. The predicted molar refractivity (Wildman–Crippen MR) is 105 cm³/mol. The van der Waals surface area contributed by atoms with Crippen molar-refractivity contribution in [3.63, 3.8) is 0 Å². The number of hydrogen-bond acceptors (Lipinski definition) is 4. The molecule has 0 aliphatic rings. The van der Waals surface area contributed by atoms with Gasteiger partial charge in [0.15, 0.2) is 0 Å².